The number of pyridine rings is 1. The Bertz CT molecular complexity index is 1930. The van der Waals surface area contributed by atoms with Crippen LogP contribution in [0, 0.1) is 0 Å². The van der Waals surface area contributed by atoms with Gasteiger partial charge in [-0.1, -0.05) is 41.7 Å². The second-order valence-corrected chi connectivity index (χ2v) is 15.0. The average molecular weight is 773 g/mol. The first-order valence-electron chi connectivity index (χ1n) is 18.2. The van der Waals surface area contributed by atoms with E-state index in [1.54, 1.807) is 18.0 Å². The number of carbonyl (C=O) groups is 1. The predicted octanol–water partition coefficient (Wildman–Crippen LogP) is 4.31. The maximum atomic E-state index is 13.3. The van der Waals surface area contributed by atoms with Crippen LogP contribution in [-0.2, 0) is 33.4 Å². The van der Waals surface area contributed by atoms with Crippen molar-refractivity contribution >= 4 is 33.3 Å². The number of likely N-dealkylation sites (tertiary alicyclic amines) is 1. The van der Waals surface area contributed by atoms with Crippen molar-refractivity contribution in [3.63, 3.8) is 0 Å². The molecule has 2 aromatic carbocycles. The van der Waals surface area contributed by atoms with Gasteiger partial charge in [-0.3, -0.25) is 14.5 Å². The zero-order valence-electron chi connectivity index (χ0n) is 30.2. The average Bonchev–Trinajstić information content (AvgIpc) is 3.56. The molecular weight excluding hydrogens is 726 g/mol. The second-order valence-electron chi connectivity index (χ2n) is 14.0. The number of hydrogen-bond donors (Lipinski definition) is 4. The highest BCUT2D eigenvalue weighted by Gasteiger charge is 2.40. The fourth-order valence-corrected chi connectivity index (χ4v) is 7.95. The summed E-state index contributed by atoms with van der Waals surface area (Å²) in [5.41, 5.74) is 2.11. The molecule has 1 amide bonds. The Labute approximate surface area is 315 Å². The van der Waals surface area contributed by atoms with Gasteiger partial charge in [-0.2, -0.15) is 13.2 Å². The van der Waals surface area contributed by atoms with Crippen LogP contribution in [0.1, 0.15) is 47.6 Å². The van der Waals surface area contributed by atoms with E-state index >= 15 is 0 Å². The number of rotatable bonds is 15. The molecule has 0 bridgehead atoms. The Morgan fingerprint density at radius 3 is 2.74 bits per heavy atom. The molecule has 6 rings (SSSR count). The normalized spacial score (nSPS) is 16.9. The topological polar surface area (TPSA) is 143 Å². The van der Waals surface area contributed by atoms with Crippen LogP contribution in [0.4, 0.5) is 19.0 Å². The van der Waals surface area contributed by atoms with E-state index in [1.807, 2.05) is 11.0 Å². The molecule has 2 aliphatic heterocycles. The van der Waals surface area contributed by atoms with Crippen LogP contribution in [0.15, 0.2) is 59.5 Å². The lowest BCUT2D eigenvalue weighted by Gasteiger charge is -2.47. The number of halogens is 3. The third-order valence-corrected chi connectivity index (χ3v) is 11.1. The van der Waals surface area contributed by atoms with Gasteiger partial charge in [-0.05, 0) is 48.6 Å². The number of fused-ring (bicyclic) bond motifs is 1. The van der Waals surface area contributed by atoms with Crippen molar-refractivity contribution in [3.8, 4) is 5.75 Å². The molecule has 0 aliphatic carbocycles. The van der Waals surface area contributed by atoms with Crippen LogP contribution in [0.3, 0.4) is 0 Å². The number of ether oxygens (including phenoxy) is 2. The fourth-order valence-electron chi connectivity index (χ4n) is 7.04. The van der Waals surface area contributed by atoms with Crippen molar-refractivity contribution < 1.29 is 37.7 Å². The smallest absolute Gasteiger partial charge is 0.416 e. The molecule has 292 valence electrons. The Balaban J connectivity index is 0.860. The van der Waals surface area contributed by atoms with Gasteiger partial charge in [-0.15, -0.1) is 0 Å². The van der Waals surface area contributed by atoms with Crippen molar-refractivity contribution in [1.82, 2.24) is 25.1 Å². The molecular formula is C38H47F3N6O6S. The molecule has 0 saturated carbocycles. The molecule has 54 heavy (non-hydrogen) atoms. The first-order chi connectivity index (χ1) is 25.9. The van der Waals surface area contributed by atoms with E-state index in [4.69, 9.17) is 9.47 Å². The standard InChI is InChI=1S/C38H47F3N6O6S/c1-45(16-13-42-23-31(49)29-5-6-30(48)34-35(29)54-36(51)44-34)33(50)9-19-52-18-8-26-3-2-4-27(21-26)24-46-14-10-37(11-15-46)25-47(17-20-53-37)32-22-28(7-12-43-32)38(39,40)41/h2-7,12,21-22,31,42,48-49H,8-11,13-20,23-25H2,1H3,(H,44,51)/t31-/m0/s1. The number of piperidine rings is 1. The summed E-state index contributed by atoms with van der Waals surface area (Å²) in [5.74, 6) is 0.248. The minimum Gasteiger partial charge on any atom is -0.506 e. The SMILES string of the molecule is CN(CCNC[C@H](O)c1ccc(O)c2[nH]c(=O)sc12)C(=O)CCOCCc1cccc(CN2CCC3(CC2)CN(c2cc(C(F)(F)F)ccn2)CCO3)c1. The van der Waals surface area contributed by atoms with E-state index in [2.05, 4.69) is 38.4 Å². The molecule has 2 fully saturated rings. The molecule has 0 unspecified atom stereocenters. The number of thiazole rings is 1. The number of phenols is 1. The van der Waals surface area contributed by atoms with Gasteiger partial charge in [0.15, 0.2) is 0 Å². The van der Waals surface area contributed by atoms with Gasteiger partial charge in [0, 0.05) is 71.2 Å². The van der Waals surface area contributed by atoms with Crippen molar-refractivity contribution in [3.05, 3.63) is 86.6 Å². The zero-order chi connectivity index (χ0) is 38.3. The van der Waals surface area contributed by atoms with Crippen molar-refractivity contribution in [2.75, 3.05) is 77.6 Å². The molecule has 2 aliphatic rings. The lowest BCUT2D eigenvalue weighted by atomic mass is 9.89. The molecule has 1 atom stereocenters. The number of aromatic amines is 1. The number of nitrogens with zero attached hydrogens (tertiary/aromatic N) is 4. The second kappa shape index (κ2) is 17.6. The number of aromatic hydroxyl groups is 1. The van der Waals surface area contributed by atoms with Crippen LogP contribution in [0.2, 0.25) is 0 Å². The number of aliphatic hydroxyl groups is 1. The molecule has 2 saturated heterocycles. The highest BCUT2D eigenvalue weighted by atomic mass is 32.1. The van der Waals surface area contributed by atoms with Gasteiger partial charge < -0.3 is 39.8 Å². The molecule has 16 heteroatoms. The molecule has 2 aromatic heterocycles. The molecule has 4 heterocycles. The van der Waals surface area contributed by atoms with Crippen LogP contribution in [0.5, 0.6) is 5.75 Å². The lowest BCUT2D eigenvalue weighted by Crippen LogP contribution is -2.57. The first kappa shape index (κ1) is 39.6. The summed E-state index contributed by atoms with van der Waals surface area (Å²) in [6.07, 6.45) is -1.54. The first-order valence-corrected chi connectivity index (χ1v) is 19.0. The summed E-state index contributed by atoms with van der Waals surface area (Å²) >= 11 is 0.938. The van der Waals surface area contributed by atoms with Gasteiger partial charge in [0.25, 0.3) is 0 Å². The van der Waals surface area contributed by atoms with Gasteiger partial charge in [-0.25, -0.2) is 4.98 Å². The molecule has 0 radical (unpaired) electrons. The van der Waals surface area contributed by atoms with Crippen LogP contribution < -0.4 is 15.1 Å². The van der Waals surface area contributed by atoms with Crippen molar-refractivity contribution in [2.24, 2.45) is 0 Å². The van der Waals surface area contributed by atoms with Crippen LogP contribution in [0.25, 0.3) is 10.2 Å². The molecule has 4 aromatic rings. The Morgan fingerprint density at radius 1 is 1.15 bits per heavy atom. The quantitative estimate of drug-likeness (QED) is 0.129. The Kier molecular flexibility index (Phi) is 12.9. The molecule has 1 spiro atoms. The van der Waals surface area contributed by atoms with Crippen LogP contribution >= 0.6 is 11.3 Å². The summed E-state index contributed by atoms with van der Waals surface area (Å²) in [7, 11) is 1.73. The third-order valence-electron chi connectivity index (χ3n) is 10.1. The number of amides is 1. The number of phenolic OH excluding ortho intramolecular Hbond substituents is 1. The zero-order valence-corrected chi connectivity index (χ0v) is 31.1. The van der Waals surface area contributed by atoms with E-state index < -0.39 is 23.4 Å². The maximum absolute atomic E-state index is 13.3. The number of morpholine rings is 1. The van der Waals surface area contributed by atoms with E-state index in [1.165, 1.54) is 17.8 Å². The minimum atomic E-state index is -4.41. The maximum Gasteiger partial charge on any atom is 0.416 e. The highest BCUT2D eigenvalue weighted by molar-refractivity contribution is 7.16. The molecule has 12 nitrogen and oxygen atoms in total. The number of likely N-dealkylation sites (N-methyl/N-ethyl adjacent to an activating group) is 1. The van der Waals surface area contributed by atoms with E-state index in [0.717, 1.165) is 61.5 Å². The number of aromatic nitrogens is 2. The number of H-pyrrole nitrogens is 1. The lowest BCUT2D eigenvalue weighted by molar-refractivity contribution is -0.137. The van der Waals surface area contributed by atoms with E-state index in [0.29, 0.717) is 74.0 Å². The highest BCUT2D eigenvalue weighted by Crippen LogP contribution is 2.35. The minimum absolute atomic E-state index is 0.0429. The van der Waals surface area contributed by atoms with Crippen LogP contribution in [-0.4, -0.2) is 114 Å². The summed E-state index contributed by atoms with van der Waals surface area (Å²) < 4.78 is 52.4. The number of anilines is 1. The van der Waals surface area contributed by atoms with Gasteiger partial charge in [0.2, 0.25) is 5.91 Å². The third kappa shape index (κ3) is 10.2. The summed E-state index contributed by atoms with van der Waals surface area (Å²) in [6, 6.07) is 13.6. The van der Waals surface area contributed by atoms with E-state index in [9.17, 15) is 33.0 Å². The van der Waals surface area contributed by atoms with Gasteiger partial charge in [0.1, 0.15) is 17.1 Å². The number of alkyl halides is 3. The monoisotopic (exact) mass is 772 g/mol. The summed E-state index contributed by atoms with van der Waals surface area (Å²) in [6.45, 7) is 5.82. The van der Waals surface area contributed by atoms with E-state index in [-0.39, 0.29) is 29.5 Å². The molecule has 4 N–H and O–H groups in total. The predicted molar refractivity (Wildman–Crippen MR) is 200 cm³/mol. The van der Waals surface area contributed by atoms with Gasteiger partial charge >= 0.3 is 11.0 Å². The largest absolute Gasteiger partial charge is 0.506 e. The number of nitrogens with one attached hydrogen (secondary N) is 2. The van der Waals surface area contributed by atoms with Gasteiger partial charge in [0.05, 0.1) is 48.2 Å². The Morgan fingerprint density at radius 2 is 1.94 bits per heavy atom. The fraction of sp³-hybridized carbons (Fsp3) is 0.500. The van der Waals surface area contributed by atoms with Crippen molar-refractivity contribution in [2.45, 2.75) is 50.1 Å². The summed E-state index contributed by atoms with van der Waals surface area (Å²) in [5, 5.41) is 23.8. The van der Waals surface area contributed by atoms with Crippen molar-refractivity contribution in [1.29, 1.82) is 0 Å². The summed E-state index contributed by atoms with van der Waals surface area (Å²) in [4.78, 5) is 36.8. The number of aliphatic hydroxyl groups excluding tert-OH is 1. The Hall–Kier alpha value is -4.06. The number of carbonyl (C=O) groups excluding carboxylic acids is 1. The number of benzene rings is 2. The number of hydrogen-bond acceptors (Lipinski definition) is 11.